The first-order chi connectivity index (χ1) is 9.63. The molecule has 1 aromatic carbocycles. The maximum absolute atomic E-state index is 10.9. The molecule has 0 N–H and O–H groups in total. The summed E-state index contributed by atoms with van der Waals surface area (Å²) in [6.07, 6.45) is 8.24. The van der Waals surface area contributed by atoms with Crippen molar-refractivity contribution < 1.29 is 14.5 Å². The summed E-state index contributed by atoms with van der Waals surface area (Å²) in [6, 6.07) is 6.45. The van der Waals surface area contributed by atoms with Crippen LogP contribution in [0.1, 0.15) is 37.7 Å². The molecular formula is C15H19NO4. The SMILES string of the molecule is COC(=O)CCCCC/C=C/c1ccc([N+](=O)[O-])cc1. The van der Waals surface area contributed by atoms with Gasteiger partial charge in [-0.1, -0.05) is 18.6 Å². The molecule has 1 aromatic rings. The number of hydrogen-bond donors (Lipinski definition) is 0. The van der Waals surface area contributed by atoms with E-state index in [9.17, 15) is 14.9 Å². The van der Waals surface area contributed by atoms with Crippen LogP contribution in [0.25, 0.3) is 6.08 Å². The number of ether oxygens (including phenoxy) is 1. The predicted octanol–water partition coefficient (Wildman–Crippen LogP) is 3.73. The molecule has 0 aromatic heterocycles. The molecular weight excluding hydrogens is 258 g/mol. The van der Waals surface area contributed by atoms with Crippen molar-refractivity contribution in [3.05, 3.63) is 46.0 Å². The fourth-order valence-electron chi connectivity index (χ4n) is 1.74. The van der Waals surface area contributed by atoms with Crippen LogP contribution in [0.15, 0.2) is 30.3 Å². The summed E-state index contributed by atoms with van der Waals surface area (Å²) in [6.45, 7) is 0. The number of nitro benzene ring substituents is 1. The van der Waals surface area contributed by atoms with Crippen LogP contribution in [0.3, 0.4) is 0 Å². The number of carbonyl (C=O) groups excluding carboxylic acids is 1. The molecule has 0 heterocycles. The molecule has 5 heteroatoms. The topological polar surface area (TPSA) is 69.4 Å². The lowest BCUT2D eigenvalue weighted by Gasteiger charge is -1.98. The molecule has 0 amide bonds. The number of nitro groups is 1. The van der Waals surface area contributed by atoms with Crippen molar-refractivity contribution >= 4 is 17.7 Å². The van der Waals surface area contributed by atoms with Crippen LogP contribution in [0.2, 0.25) is 0 Å². The Balaban J connectivity index is 2.21. The number of rotatable bonds is 8. The zero-order valence-corrected chi connectivity index (χ0v) is 11.6. The molecule has 0 saturated heterocycles. The maximum atomic E-state index is 10.9. The summed E-state index contributed by atoms with van der Waals surface area (Å²) in [7, 11) is 1.40. The third-order valence-electron chi connectivity index (χ3n) is 2.89. The Morgan fingerprint density at radius 2 is 1.95 bits per heavy atom. The Kier molecular flexibility index (Phi) is 7.03. The summed E-state index contributed by atoms with van der Waals surface area (Å²) in [4.78, 5) is 21.0. The van der Waals surface area contributed by atoms with E-state index in [0.29, 0.717) is 6.42 Å². The third-order valence-corrected chi connectivity index (χ3v) is 2.89. The summed E-state index contributed by atoms with van der Waals surface area (Å²) < 4.78 is 4.56. The van der Waals surface area contributed by atoms with Crippen molar-refractivity contribution in [2.75, 3.05) is 7.11 Å². The van der Waals surface area contributed by atoms with E-state index in [1.165, 1.54) is 19.2 Å². The van der Waals surface area contributed by atoms with Crippen LogP contribution < -0.4 is 0 Å². The third kappa shape index (κ3) is 6.13. The second kappa shape index (κ2) is 8.85. The van der Waals surface area contributed by atoms with Crippen LogP contribution in [0.5, 0.6) is 0 Å². The summed E-state index contributed by atoms with van der Waals surface area (Å²) >= 11 is 0. The lowest BCUT2D eigenvalue weighted by atomic mass is 10.1. The van der Waals surface area contributed by atoms with Gasteiger partial charge in [0.1, 0.15) is 0 Å². The molecule has 0 spiro atoms. The number of benzene rings is 1. The monoisotopic (exact) mass is 277 g/mol. The second-order valence-corrected chi connectivity index (χ2v) is 4.43. The van der Waals surface area contributed by atoms with Gasteiger partial charge in [0.15, 0.2) is 0 Å². The highest BCUT2D eigenvalue weighted by molar-refractivity contribution is 5.68. The zero-order valence-electron chi connectivity index (χ0n) is 11.6. The highest BCUT2D eigenvalue weighted by Crippen LogP contribution is 2.13. The van der Waals surface area contributed by atoms with E-state index in [2.05, 4.69) is 4.74 Å². The molecule has 0 fully saturated rings. The normalized spacial score (nSPS) is 10.7. The zero-order chi connectivity index (χ0) is 14.8. The molecule has 0 bridgehead atoms. The Morgan fingerprint density at radius 1 is 1.25 bits per heavy atom. The van der Waals surface area contributed by atoms with Crippen LogP contribution in [0.4, 0.5) is 5.69 Å². The van der Waals surface area contributed by atoms with Gasteiger partial charge < -0.3 is 4.74 Å². The Morgan fingerprint density at radius 3 is 2.55 bits per heavy atom. The fraction of sp³-hybridized carbons (Fsp3) is 0.400. The molecule has 108 valence electrons. The van der Waals surface area contributed by atoms with Crippen molar-refractivity contribution in [2.45, 2.75) is 32.1 Å². The van der Waals surface area contributed by atoms with Crippen molar-refractivity contribution in [1.29, 1.82) is 0 Å². The summed E-state index contributed by atoms with van der Waals surface area (Å²) in [5.74, 6) is -0.161. The van der Waals surface area contributed by atoms with E-state index < -0.39 is 4.92 Å². The van der Waals surface area contributed by atoms with Gasteiger partial charge in [-0.15, -0.1) is 0 Å². The quantitative estimate of drug-likeness (QED) is 0.314. The number of non-ortho nitro benzene ring substituents is 1. The van der Waals surface area contributed by atoms with E-state index >= 15 is 0 Å². The average Bonchev–Trinajstić information content (AvgIpc) is 2.46. The van der Waals surface area contributed by atoms with Crippen LogP contribution in [-0.4, -0.2) is 18.0 Å². The smallest absolute Gasteiger partial charge is 0.305 e. The van der Waals surface area contributed by atoms with Crippen LogP contribution >= 0.6 is 0 Å². The number of esters is 1. The van der Waals surface area contributed by atoms with Gasteiger partial charge in [-0.2, -0.15) is 0 Å². The lowest BCUT2D eigenvalue weighted by molar-refractivity contribution is -0.384. The first-order valence-electron chi connectivity index (χ1n) is 6.61. The fourth-order valence-corrected chi connectivity index (χ4v) is 1.74. The minimum Gasteiger partial charge on any atom is -0.469 e. The highest BCUT2D eigenvalue weighted by atomic mass is 16.6. The van der Waals surface area contributed by atoms with Gasteiger partial charge in [-0.3, -0.25) is 14.9 Å². The number of carbonyl (C=O) groups is 1. The Bertz CT molecular complexity index is 465. The summed E-state index contributed by atoms with van der Waals surface area (Å²) in [5.41, 5.74) is 1.05. The maximum Gasteiger partial charge on any atom is 0.305 e. The largest absolute Gasteiger partial charge is 0.469 e. The van der Waals surface area contributed by atoms with E-state index in [-0.39, 0.29) is 11.7 Å². The molecule has 5 nitrogen and oxygen atoms in total. The molecule has 0 aliphatic rings. The molecule has 0 aliphatic heterocycles. The molecule has 0 unspecified atom stereocenters. The number of allylic oxidation sites excluding steroid dienone is 1. The van der Waals surface area contributed by atoms with E-state index in [4.69, 9.17) is 0 Å². The van der Waals surface area contributed by atoms with Gasteiger partial charge in [-0.05, 0) is 37.0 Å². The number of methoxy groups -OCH3 is 1. The van der Waals surface area contributed by atoms with E-state index in [0.717, 1.165) is 31.2 Å². The van der Waals surface area contributed by atoms with Gasteiger partial charge in [0.05, 0.1) is 12.0 Å². The number of nitrogens with zero attached hydrogens (tertiary/aromatic N) is 1. The standard InChI is InChI=1S/C15H19NO4/c1-20-15(17)8-6-4-2-3-5-7-13-9-11-14(12-10-13)16(18)19/h5,7,9-12H,2-4,6,8H2,1H3/b7-5+. The van der Waals surface area contributed by atoms with Crippen molar-refractivity contribution in [2.24, 2.45) is 0 Å². The molecule has 1 rings (SSSR count). The van der Waals surface area contributed by atoms with E-state index in [1.54, 1.807) is 12.1 Å². The predicted molar refractivity (Wildman–Crippen MR) is 77.2 cm³/mol. The van der Waals surface area contributed by atoms with E-state index in [1.807, 2.05) is 12.2 Å². The first-order valence-corrected chi connectivity index (χ1v) is 6.61. The summed E-state index contributed by atoms with van der Waals surface area (Å²) in [5, 5.41) is 10.5. The number of unbranched alkanes of at least 4 members (excludes halogenated alkanes) is 3. The second-order valence-electron chi connectivity index (χ2n) is 4.43. The van der Waals surface area contributed by atoms with Crippen molar-refractivity contribution in [3.63, 3.8) is 0 Å². The highest BCUT2D eigenvalue weighted by Gasteiger charge is 2.02. The minimum absolute atomic E-state index is 0.102. The van der Waals surface area contributed by atoms with Crippen molar-refractivity contribution in [1.82, 2.24) is 0 Å². The van der Waals surface area contributed by atoms with Gasteiger partial charge in [-0.25, -0.2) is 0 Å². The van der Waals surface area contributed by atoms with Crippen LogP contribution in [-0.2, 0) is 9.53 Å². The van der Waals surface area contributed by atoms with Crippen LogP contribution in [0, 0.1) is 10.1 Å². The number of hydrogen-bond acceptors (Lipinski definition) is 4. The molecule has 0 aliphatic carbocycles. The molecule has 0 atom stereocenters. The Hall–Kier alpha value is -2.17. The molecule has 0 saturated carbocycles. The van der Waals surface area contributed by atoms with Crippen molar-refractivity contribution in [3.8, 4) is 0 Å². The van der Waals surface area contributed by atoms with Gasteiger partial charge in [0.2, 0.25) is 0 Å². The van der Waals surface area contributed by atoms with Gasteiger partial charge in [0.25, 0.3) is 5.69 Å². The average molecular weight is 277 g/mol. The lowest BCUT2D eigenvalue weighted by Crippen LogP contribution is -1.98. The Labute approximate surface area is 118 Å². The van der Waals surface area contributed by atoms with Gasteiger partial charge in [0, 0.05) is 18.6 Å². The minimum atomic E-state index is -0.408. The molecule has 0 radical (unpaired) electrons. The van der Waals surface area contributed by atoms with Gasteiger partial charge >= 0.3 is 5.97 Å². The molecule has 20 heavy (non-hydrogen) atoms. The first kappa shape index (κ1) is 15.9.